The highest BCUT2D eigenvalue weighted by Gasteiger charge is 2.23. The number of rotatable bonds is 2. The fraction of sp³-hybridized carbons (Fsp3) is 0.227. The number of fused-ring (bicyclic) bond motifs is 2. The van der Waals surface area contributed by atoms with Gasteiger partial charge in [-0.25, -0.2) is 4.98 Å². The van der Waals surface area contributed by atoms with Gasteiger partial charge in [0.15, 0.2) is 0 Å². The highest BCUT2D eigenvalue weighted by atomic mass is 16.1. The van der Waals surface area contributed by atoms with Gasteiger partial charge in [-0.2, -0.15) is 5.26 Å². The maximum absolute atomic E-state index is 12.1. The van der Waals surface area contributed by atoms with Crippen LogP contribution < -0.4 is 5.32 Å². The number of carbonyl (C=O) groups excluding carboxylic acids is 1. The molecular weight excluding hydrogens is 336 g/mol. The molecule has 2 N–H and O–H groups in total. The second-order valence-corrected chi connectivity index (χ2v) is 7.17. The molecule has 0 spiro atoms. The summed E-state index contributed by atoms with van der Waals surface area (Å²) < 4.78 is 0. The van der Waals surface area contributed by atoms with Gasteiger partial charge in [0.05, 0.1) is 12.0 Å². The van der Waals surface area contributed by atoms with Gasteiger partial charge in [-0.1, -0.05) is 18.2 Å². The first-order chi connectivity index (χ1) is 13.2. The standard InChI is InChI=1S/C22H18N4O/c23-10-13-1-3-14(4-2-13)20-17-7-8-24-21(17)25-12-19(20)15-5-6-16-11-26-22(27)18(16)9-15/h3,5-9,12-13H,1-2,4,11H2,(H,24,25)(H,26,27). The number of nitrogens with zero attached hydrogens (tertiary/aromatic N) is 2. The lowest BCUT2D eigenvalue weighted by Gasteiger charge is -2.20. The summed E-state index contributed by atoms with van der Waals surface area (Å²) in [6.07, 6.45) is 8.53. The highest BCUT2D eigenvalue weighted by molar-refractivity contribution is 6.01. The zero-order valence-corrected chi connectivity index (χ0v) is 14.7. The van der Waals surface area contributed by atoms with E-state index in [9.17, 15) is 10.1 Å². The topological polar surface area (TPSA) is 81.6 Å². The lowest BCUT2D eigenvalue weighted by atomic mass is 9.84. The lowest BCUT2D eigenvalue weighted by molar-refractivity contribution is 0.0966. The third-order valence-electron chi connectivity index (χ3n) is 5.61. The number of benzene rings is 1. The number of aromatic nitrogens is 2. The van der Waals surface area contributed by atoms with Crippen molar-refractivity contribution < 1.29 is 4.79 Å². The number of nitriles is 1. The molecule has 0 radical (unpaired) electrons. The number of amides is 1. The second-order valence-electron chi connectivity index (χ2n) is 7.17. The van der Waals surface area contributed by atoms with E-state index in [1.54, 1.807) is 0 Å². The first kappa shape index (κ1) is 15.8. The number of nitrogens with one attached hydrogen (secondary N) is 2. The molecule has 27 heavy (non-hydrogen) atoms. The van der Waals surface area contributed by atoms with E-state index in [0.29, 0.717) is 6.54 Å². The van der Waals surface area contributed by atoms with Gasteiger partial charge in [-0.15, -0.1) is 0 Å². The number of carbonyl (C=O) groups is 1. The number of H-pyrrole nitrogens is 1. The molecule has 1 amide bonds. The Hall–Kier alpha value is -3.39. The van der Waals surface area contributed by atoms with E-state index in [1.807, 2.05) is 24.5 Å². The van der Waals surface area contributed by atoms with Crippen LogP contribution in [0.4, 0.5) is 0 Å². The average molecular weight is 354 g/mol. The van der Waals surface area contributed by atoms with Crippen LogP contribution in [-0.4, -0.2) is 15.9 Å². The molecule has 1 atom stereocenters. The zero-order valence-electron chi connectivity index (χ0n) is 14.7. The molecule has 3 aromatic rings. The molecule has 5 heteroatoms. The third kappa shape index (κ3) is 2.53. The van der Waals surface area contributed by atoms with Crippen molar-refractivity contribution in [1.82, 2.24) is 15.3 Å². The van der Waals surface area contributed by atoms with Gasteiger partial charge in [0.2, 0.25) is 0 Å². The van der Waals surface area contributed by atoms with Crippen molar-refractivity contribution >= 4 is 22.5 Å². The summed E-state index contributed by atoms with van der Waals surface area (Å²) in [4.78, 5) is 19.9. The maximum Gasteiger partial charge on any atom is 0.251 e. The summed E-state index contributed by atoms with van der Waals surface area (Å²) >= 11 is 0. The first-order valence-corrected chi connectivity index (χ1v) is 9.21. The lowest BCUT2D eigenvalue weighted by Crippen LogP contribution is -2.12. The summed E-state index contributed by atoms with van der Waals surface area (Å²) in [5.41, 5.74) is 7.09. The SMILES string of the molecule is N#CC1CC=C(c2c(-c3ccc4c(c3)C(=O)NC4)cnc3[nH]ccc23)CC1. The molecule has 5 rings (SSSR count). The van der Waals surface area contributed by atoms with Crippen LogP contribution in [0.2, 0.25) is 0 Å². The van der Waals surface area contributed by atoms with Gasteiger partial charge in [-0.05, 0) is 53.7 Å². The molecule has 3 heterocycles. The van der Waals surface area contributed by atoms with E-state index in [2.05, 4.69) is 39.6 Å². The summed E-state index contributed by atoms with van der Waals surface area (Å²) in [5, 5.41) is 13.2. The fourth-order valence-electron chi connectivity index (χ4n) is 4.13. The van der Waals surface area contributed by atoms with E-state index in [-0.39, 0.29) is 11.8 Å². The van der Waals surface area contributed by atoms with E-state index < -0.39 is 0 Å². The molecule has 1 unspecified atom stereocenters. The average Bonchev–Trinajstić information content (AvgIpc) is 3.34. The predicted octanol–water partition coefficient (Wildman–Crippen LogP) is 4.18. The Morgan fingerprint density at radius 2 is 2.15 bits per heavy atom. The minimum Gasteiger partial charge on any atom is -0.348 e. The molecule has 1 aromatic carbocycles. The van der Waals surface area contributed by atoms with Crippen molar-refractivity contribution in [2.75, 3.05) is 0 Å². The largest absolute Gasteiger partial charge is 0.348 e. The van der Waals surface area contributed by atoms with Crippen LogP contribution in [0.1, 0.15) is 40.7 Å². The van der Waals surface area contributed by atoms with E-state index >= 15 is 0 Å². The Kier molecular flexibility index (Phi) is 3.58. The molecule has 2 aliphatic rings. The summed E-state index contributed by atoms with van der Waals surface area (Å²) in [6.45, 7) is 0.594. The highest BCUT2D eigenvalue weighted by Crippen LogP contribution is 2.39. The van der Waals surface area contributed by atoms with Crippen LogP contribution in [0.5, 0.6) is 0 Å². The van der Waals surface area contributed by atoms with Crippen LogP contribution in [0, 0.1) is 17.2 Å². The molecule has 0 fully saturated rings. The molecule has 5 nitrogen and oxygen atoms in total. The predicted molar refractivity (Wildman–Crippen MR) is 104 cm³/mol. The second kappa shape index (κ2) is 6.10. The van der Waals surface area contributed by atoms with Gasteiger partial charge in [0.25, 0.3) is 5.91 Å². The summed E-state index contributed by atoms with van der Waals surface area (Å²) in [7, 11) is 0. The zero-order chi connectivity index (χ0) is 18.4. The fourth-order valence-corrected chi connectivity index (χ4v) is 4.13. The monoisotopic (exact) mass is 354 g/mol. The van der Waals surface area contributed by atoms with Crippen molar-refractivity contribution in [2.24, 2.45) is 5.92 Å². The van der Waals surface area contributed by atoms with Crippen LogP contribution in [0.25, 0.3) is 27.7 Å². The molecule has 1 aliphatic carbocycles. The van der Waals surface area contributed by atoms with Crippen LogP contribution in [-0.2, 0) is 6.54 Å². The number of hydrogen-bond donors (Lipinski definition) is 2. The van der Waals surface area contributed by atoms with Crippen molar-refractivity contribution in [3.05, 3.63) is 59.4 Å². The van der Waals surface area contributed by atoms with Crippen LogP contribution in [0.3, 0.4) is 0 Å². The minimum absolute atomic E-state index is 0.0159. The van der Waals surface area contributed by atoms with Gasteiger partial charge in [0, 0.05) is 35.5 Å². The third-order valence-corrected chi connectivity index (χ3v) is 5.61. The number of allylic oxidation sites excluding steroid dienone is 2. The molecular formula is C22H18N4O. The Morgan fingerprint density at radius 3 is 2.96 bits per heavy atom. The van der Waals surface area contributed by atoms with Crippen LogP contribution >= 0.6 is 0 Å². The Bertz CT molecular complexity index is 1150. The van der Waals surface area contributed by atoms with Crippen molar-refractivity contribution in [3.63, 3.8) is 0 Å². The number of pyridine rings is 1. The normalized spacial score (nSPS) is 18.7. The number of hydrogen-bond acceptors (Lipinski definition) is 3. The maximum atomic E-state index is 12.1. The van der Waals surface area contributed by atoms with Gasteiger partial charge in [-0.3, -0.25) is 4.79 Å². The molecule has 0 saturated heterocycles. The summed E-state index contributed by atoms with van der Waals surface area (Å²) in [6, 6.07) is 10.5. The minimum atomic E-state index is -0.0159. The molecule has 132 valence electrons. The van der Waals surface area contributed by atoms with Gasteiger partial charge >= 0.3 is 0 Å². The molecule has 0 bridgehead atoms. The first-order valence-electron chi connectivity index (χ1n) is 9.21. The van der Waals surface area contributed by atoms with Crippen molar-refractivity contribution in [2.45, 2.75) is 25.8 Å². The smallest absolute Gasteiger partial charge is 0.251 e. The van der Waals surface area contributed by atoms with E-state index in [0.717, 1.165) is 58.1 Å². The Balaban J connectivity index is 1.70. The van der Waals surface area contributed by atoms with Gasteiger partial charge in [0.1, 0.15) is 5.65 Å². The summed E-state index contributed by atoms with van der Waals surface area (Å²) in [5.74, 6) is 0.0854. The molecule has 0 saturated carbocycles. The Morgan fingerprint density at radius 1 is 1.22 bits per heavy atom. The molecule has 2 aromatic heterocycles. The van der Waals surface area contributed by atoms with Crippen molar-refractivity contribution in [3.8, 4) is 17.2 Å². The van der Waals surface area contributed by atoms with Crippen LogP contribution in [0.15, 0.2) is 42.7 Å². The van der Waals surface area contributed by atoms with E-state index in [4.69, 9.17) is 0 Å². The van der Waals surface area contributed by atoms with E-state index in [1.165, 1.54) is 5.57 Å². The van der Waals surface area contributed by atoms with Crippen molar-refractivity contribution in [1.29, 1.82) is 5.26 Å². The molecule has 1 aliphatic heterocycles. The number of aromatic amines is 1. The quantitative estimate of drug-likeness (QED) is 0.724. The Labute approximate surface area is 156 Å². The van der Waals surface area contributed by atoms with Gasteiger partial charge < -0.3 is 10.3 Å².